The molecule has 0 saturated carbocycles. The second-order valence-electron chi connectivity index (χ2n) is 6.41. The van der Waals surface area contributed by atoms with Crippen LogP contribution in [-0.2, 0) is 4.79 Å². The maximum atomic E-state index is 12.4. The van der Waals surface area contributed by atoms with Gasteiger partial charge in [0.2, 0.25) is 5.91 Å². The van der Waals surface area contributed by atoms with E-state index < -0.39 is 0 Å². The molecule has 2 bridgehead atoms. The van der Waals surface area contributed by atoms with E-state index >= 15 is 0 Å². The summed E-state index contributed by atoms with van der Waals surface area (Å²) < 4.78 is 11.3. The van der Waals surface area contributed by atoms with Crippen LogP contribution < -0.4 is 20.1 Å². The Bertz CT molecular complexity index is 581. The Morgan fingerprint density at radius 1 is 1.22 bits per heavy atom. The molecule has 2 heterocycles. The van der Waals surface area contributed by atoms with Crippen LogP contribution in [0.5, 0.6) is 11.5 Å². The lowest BCUT2D eigenvalue weighted by Crippen LogP contribution is -2.39. The Labute approximate surface area is 145 Å². The average molecular weight is 383 g/mol. The monoisotopic (exact) mass is 382 g/mol. The number of anilines is 1. The molecular formula is C17H23BrN2O3. The molecule has 2 fully saturated rings. The maximum Gasteiger partial charge on any atom is 0.224 e. The van der Waals surface area contributed by atoms with Crippen molar-refractivity contribution in [2.24, 2.45) is 5.92 Å². The number of nitrogens with one attached hydrogen (secondary N) is 2. The molecule has 0 aromatic heterocycles. The van der Waals surface area contributed by atoms with E-state index in [-0.39, 0.29) is 5.91 Å². The molecule has 2 atom stereocenters. The number of carbonyl (C=O) groups is 1. The number of halogens is 1. The third-order valence-corrected chi connectivity index (χ3v) is 5.45. The lowest BCUT2D eigenvalue weighted by atomic mass is 9.89. The van der Waals surface area contributed by atoms with Gasteiger partial charge in [-0.25, -0.2) is 0 Å². The van der Waals surface area contributed by atoms with Crippen LogP contribution in [0.1, 0.15) is 32.1 Å². The van der Waals surface area contributed by atoms with Crippen molar-refractivity contribution < 1.29 is 14.3 Å². The molecule has 1 aromatic rings. The number of ether oxygens (including phenoxy) is 2. The molecular weight excluding hydrogens is 360 g/mol. The van der Waals surface area contributed by atoms with Gasteiger partial charge in [0.1, 0.15) is 0 Å². The topological polar surface area (TPSA) is 59.6 Å². The summed E-state index contributed by atoms with van der Waals surface area (Å²) in [5, 5.41) is 6.60. The summed E-state index contributed by atoms with van der Waals surface area (Å²) in [6.45, 7) is 0. The van der Waals surface area contributed by atoms with Crippen LogP contribution in [0.2, 0.25) is 0 Å². The predicted molar refractivity (Wildman–Crippen MR) is 93.2 cm³/mol. The van der Waals surface area contributed by atoms with Crippen LogP contribution in [0.4, 0.5) is 5.69 Å². The van der Waals surface area contributed by atoms with E-state index in [9.17, 15) is 4.79 Å². The zero-order valence-corrected chi connectivity index (χ0v) is 15.1. The second-order valence-corrected chi connectivity index (χ2v) is 7.27. The van der Waals surface area contributed by atoms with E-state index in [0.29, 0.717) is 41.6 Å². The van der Waals surface area contributed by atoms with Gasteiger partial charge < -0.3 is 20.1 Å². The van der Waals surface area contributed by atoms with Gasteiger partial charge in [0.05, 0.1) is 19.9 Å². The number of hydrogen-bond acceptors (Lipinski definition) is 4. The maximum absolute atomic E-state index is 12.4. The van der Waals surface area contributed by atoms with Gasteiger partial charge in [-0.2, -0.15) is 0 Å². The fourth-order valence-corrected chi connectivity index (χ4v) is 4.18. The first-order chi connectivity index (χ1) is 11.1. The predicted octanol–water partition coefficient (Wildman–Crippen LogP) is 3.33. The third kappa shape index (κ3) is 3.80. The standard InChI is InChI=1S/C17H23BrN2O3/c1-22-15-8-13(18)14(9-16(15)23-2)20-17(21)7-10-5-11-3-4-12(6-10)19-11/h8-12,19H,3-7H2,1-2H3,(H,20,21). The van der Waals surface area contributed by atoms with Crippen molar-refractivity contribution in [1.82, 2.24) is 5.32 Å². The fraction of sp³-hybridized carbons (Fsp3) is 0.588. The molecule has 23 heavy (non-hydrogen) atoms. The number of piperidine rings is 1. The number of hydrogen-bond donors (Lipinski definition) is 2. The Kier molecular flexibility index (Phi) is 5.11. The van der Waals surface area contributed by atoms with E-state index in [0.717, 1.165) is 17.3 Å². The Morgan fingerprint density at radius 2 is 1.83 bits per heavy atom. The highest BCUT2D eigenvalue weighted by atomic mass is 79.9. The highest BCUT2D eigenvalue weighted by Gasteiger charge is 2.34. The number of methoxy groups -OCH3 is 2. The molecule has 2 N–H and O–H groups in total. The van der Waals surface area contributed by atoms with E-state index in [4.69, 9.17) is 9.47 Å². The highest BCUT2D eigenvalue weighted by Crippen LogP contribution is 2.37. The third-order valence-electron chi connectivity index (χ3n) is 4.79. The van der Waals surface area contributed by atoms with Gasteiger partial charge in [0.15, 0.2) is 11.5 Å². The molecule has 2 unspecified atom stereocenters. The van der Waals surface area contributed by atoms with Crippen molar-refractivity contribution >= 4 is 27.5 Å². The largest absolute Gasteiger partial charge is 0.493 e. The summed E-state index contributed by atoms with van der Waals surface area (Å²) >= 11 is 3.47. The average Bonchev–Trinajstić information content (AvgIpc) is 2.87. The Morgan fingerprint density at radius 3 is 2.43 bits per heavy atom. The molecule has 1 amide bonds. The number of amides is 1. The zero-order chi connectivity index (χ0) is 16.4. The first-order valence-corrected chi connectivity index (χ1v) is 8.85. The number of rotatable bonds is 5. The van der Waals surface area contributed by atoms with Gasteiger partial charge >= 0.3 is 0 Å². The van der Waals surface area contributed by atoms with Crippen LogP contribution in [0, 0.1) is 5.92 Å². The molecule has 6 heteroatoms. The van der Waals surface area contributed by atoms with Crippen LogP contribution in [0.15, 0.2) is 16.6 Å². The van der Waals surface area contributed by atoms with Gasteiger partial charge in [-0.05, 0) is 47.5 Å². The first-order valence-electron chi connectivity index (χ1n) is 8.06. The molecule has 5 nitrogen and oxygen atoms in total. The molecule has 2 aliphatic heterocycles. The number of carbonyl (C=O) groups excluding carboxylic acids is 1. The SMILES string of the molecule is COc1cc(Br)c(NC(=O)CC2CC3CCC(C2)N3)cc1OC. The summed E-state index contributed by atoms with van der Waals surface area (Å²) in [5.74, 6) is 1.77. The summed E-state index contributed by atoms with van der Waals surface area (Å²) in [7, 11) is 3.18. The Hall–Kier alpha value is -1.27. The van der Waals surface area contributed by atoms with Crippen molar-refractivity contribution in [3.8, 4) is 11.5 Å². The van der Waals surface area contributed by atoms with Gasteiger partial charge in [0.25, 0.3) is 0 Å². The molecule has 0 radical (unpaired) electrons. The van der Waals surface area contributed by atoms with Crippen LogP contribution in [0.3, 0.4) is 0 Å². The molecule has 1 aromatic carbocycles. The normalized spacial score (nSPS) is 26.0. The van der Waals surface area contributed by atoms with Gasteiger partial charge in [-0.1, -0.05) is 0 Å². The van der Waals surface area contributed by atoms with Crippen LogP contribution in [-0.4, -0.2) is 32.2 Å². The minimum absolute atomic E-state index is 0.0595. The summed E-state index contributed by atoms with van der Waals surface area (Å²) in [6, 6.07) is 4.81. The van der Waals surface area contributed by atoms with Crippen molar-refractivity contribution in [2.45, 2.75) is 44.2 Å². The molecule has 2 aliphatic rings. The molecule has 3 rings (SSSR count). The van der Waals surface area contributed by atoms with Crippen LogP contribution in [0.25, 0.3) is 0 Å². The summed E-state index contributed by atoms with van der Waals surface area (Å²) in [6.07, 6.45) is 5.30. The van der Waals surface area contributed by atoms with Gasteiger partial charge in [-0.3, -0.25) is 4.79 Å². The summed E-state index contributed by atoms with van der Waals surface area (Å²) in [5.41, 5.74) is 0.713. The van der Waals surface area contributed by atoms with Gasteiger partial charge in [-0.15, -0.1) is 0 Å². The van der Waals surface area contributed by atoms with E-state index in [1.807, 2.05) is 0 Å². The minimum Gasteiger partial charge on any atom is -0.493 e. The Balaban J connectivity index is 1.63. The van der Waals surface area contributed by atoms with E-state index in [2.05, 4.69) is 26.6 Å². The summed E-state index contributed by atoms with van der Waals surface area (Å²) in [4.78, 5) is 12.4. The van der Waals surface area contributed by atoms with Crippen molar-refractivity contribution in [1.29, 1.82) is 0 Å². The van der Waals surface area contributed by atoms with Crippen molar-refractivity contribution in [3.63, 3.8) is 0 Å². The second kappa shape index (κ2) is 7.09. The zero-order valence-electron chi connectivity index (χ0n) is 13.5. The molecule has 2 saturated heterocycles. The van der Waals surface area contributed by atoms with E-state index in [1.165, 1.54) is 12.8 Å². The molecule has 0 aliphatic carbocycles. The smallest absolute Gasteiger partial charge is 0.224 e. The number of fused-ring (bicyclic) bond motifs is 2. The molecule has 0 spiro atoms. The lowest BCUT2D eigenvalue weighted by molar-refractivity contribution is -0.117. The highest BCUT2D eigenvalue weighted by molar-refractivity contribution is 9.10. The minimum atomic E-state index is 0.0595. The van der Waals surface area contributed by atoms with Crippen molar-refractivity contribution in [3.05, 3.63) is 16.6 Å². The van der Waals surface area contributed by atoms with Crippen LogP contribution >= 0.6 is 15.9 Å². The van der Waals surface area contributed by atoms with Gasteiger partial charge in [0, 0.05) is 35.1 Å². The lowest BCUT2D eigenvalue weighted by Gasteiger charge is -2.28. The fourth-order valence-electron chi connectivity index (χ4n) is 3.76. The number of benzene rings is 1. The van der Waals surface area contributed by atoms with E-state index in [1.54, 1.807) is 26.4 Å². The molecule has 126 valence electrons. The quantitative estimate of drug-likeness (QED) is 0.819. The first kappa shape index (κ1) is 16.6. The van der Waals surface area contributed by atoms with Crippen molar-refractivity contribution in [2.75, 3.05) is 19.5 Å².